The average Bonchev–Trinajstić information content (AvgIpc) is 3.24. The van der Waals surface area contributed by atoms with Gasteiger partial charge >= 0.3 is 0 Å². The maximum Gasteiger partial charge on any atom is 0.139 e. The van der Waals surface area contributed by atoms with Crippen molar-refractivity contribution in [3.63, 3.8) is 0 Å². The molecule has 1 N–H and O–H groups in total. The van der Waals surface area contributed by atoms with E-state index < -0.39 is 0 Å². The molecule has 0 unspecified atom stereocenters. The van der Waals surface area contributed by atoms with Gasteiger partial charge in [-0.15, -0.1) is 11.3 Å². The summed E-state index contributed by atoms with van der Waals surface area (Å²) in [7, 11) is 0. The van der Waals surface area contributed by atoms with E-state index >= 15 is 0 Å². The first-order chi connectivity index (χ1) is 14.4. The third-order valence-corrected chi connectivity index (χ3v) is 5.95. The van der Waals surface area contributed by atoms with E-state index in [1.807, 2.05) is 18.3 Å². The van der Waals surface area contributed by atoms with Gasteiger partial charge in [0.05, 0.1) is 18.6 Å². The Hall–Kier alpha value is -3.03. The topological polar surface area (TPSA) is 63.2 Å². The van der Waals surface area contributed by atoms with Crippen molar-refractivity contribution < 1.29 is 4.74 Å². The van der Waals surface area contributed by atoms with Crippen molar-refractivity contribution in [2.45, 2.75) is 6.54 Å². The number of hydrogen-bond donors (Lipinski definition) is 1. The van der Waals surface area contributed by atoms with Gasteiger partial charge in [0.1, 0.15) is 22.8 Å². The minimum atomic E-state index is 0.677. The highest BCUT2D eigenvalue weighted by molar-refractivity contribution is 7.17. The fourth-order valence-electron chi connectivity index (χ4n) is 3.56. The molecule has 0 saturated carbocycles. The lowest BCUT2D eigenvalue weighted by Crippen LogP contribution is -2.36. The Balaban J connectivity index is 1.41. The van der Waals surface area contributed by atoms with Gasteiger partial charge in [-0.05, 0) is 23.3 Å². The number of pyridine rings is 1. The van der Waals surface area contributed by atoms with Crippen LogP contribution < -0.4 is 10.2 Å². The summed E-state index contributed by atoms with van der Waals surface area (Å²) in [6.07, 6.45) is 3.50. The average molecular weight is 404 g/mol. The van der Waals surface area contributed by atoms with E-state index in [9.17, 15) is 0 Å². The Kier molecular flexibility index (Phi) is 5.06. The van der Waals surface area contributed by atoms with Crippen LogP contribution >= 0.6 is 11.3 Å². The van der Waals surface area contributed by atoms with Crippen LogP contribution in [-0.4, -0.2) is 41.3 Å². The minimum Gasteiger partial charge on any atom is -0.378 e. The second-order valence-electron chi connectivity index (χ2n) is 6.89. The molecule has 0 amide bonds. The summed E-state index contributed by atoms with van der Waals surface area (Å²) in [6.45, 7) is 3.94. The fourth-order valence-corrected chi connectivity index (χ4v) is 4.48. The van der Waals surface area contributed by atoms with Gasteiger partial charge in [-0.2, -0.15) is 0 Å². The number of nitrogens with zero attached hydrogens (tertiary/aromatic N) is 4. The zero-order valence-electron chi connectivity index (χ0n) is 15.9. The molecule has 3 aromatic heterocycles. The summed E-state index contributed by atoms with van der Waals surface area (Å²) in [5, 5.41) is 6.75. The first-order valence-electron chi connectivity index (χ1n) is 9.67. The molecule has 1 saturated heterocycles. The van der Waals surface area contributed by atoms with Crippen molar-refractivity contribution in [3.8, 4) is 11.1 Å². The van der Waals surface area contributed by atoms with Crippen molar-refractivity contribution in [2.24, 2.45) is 0 Å². The van der Waals surface area contributed by atoms with Crippen LogP contribution in [0.25, 0.3) is 21.3 Å². The summed E-state index contributed by atoms with van der Waals surface area (Å²) in [5.74, 6) is 1.86. The molecule has 1 aromatic carbocycles. The van der Waals surface area contributed by atoms with Crippen LogP contribution in [-0.2, 0) is 11.3 Å². The molecule has 6 nitrogen and oxygen atoms in total. The second-order valence-corrected chi connectivity index (χ2v) is 7.75. The van der Waals surface area contributed by atoms with E-state index in [1.165, 1.54) is 11.1 Å². The Morgan fingerprint density at radius 2 is 1.90 bits per heavy atom. The lowest BCUT2D eigenvalue weighted by molar-refractivity contribution is 0.122. The van der Waals surface area contributed by atoms with E-state index in [1.54, 1.807) is 17.7 Å². The van der Waals surface area contributed by atoms with Crippen molar-refractivity contribution in [2.75, 3.05) is 36.5 Å². The van der Waals surface area contributed by atoms with Gasteiger partial charge in [0.25, 0.3) is 0 Å². The highest BCUT2D eigenvalue weighted by atomic mass is 32.1. The number of morpholine rings is 1. The fraction of sp³-hybridized carbons (Fsp3) is 0.227. The molecular formula is C22H21N5OS. The van der Waals surface area contributed by atoms with Crippen LogP contribution in [0, 0.1) is 0 Å². The van der Waals surface area contributed by atoms with Gasteiger partial charge < -0.3 is 15.0 Å². The molecule has 4 aromatic rings. The number of thiophene rings is 1. The van der Waals surface area contributed by atoms with Gasteiger partial charge in [0.2, 0.25) is 0 Å². The zero-order valence-corrected chi connectivity index (χ0v) is 16.7. The van der Waals surface area contributed by atoms with Crippen molar-refractivity contribution in [1.29, 1.82) is 0 Å². The van der Waals surface area contributed by atoms with Gasteiger partial charge in [0.15, 0.2) is 0 Å². The molecule has 0 bridgehead atoms. The zero-order chi connectivity index (χ0) is 19.5. The van der Waals surface area contributed by atoms with Crippen LogP contribution in [0.2, 0.25) is 0 Å². The van der Waals surface area contributed by atoms with Crippen LogP contribution in [0.3, 0.4) is 0 Å². The lowest BCUT2D eigenvalue weighted by atomic mass is 10.1. The molecule has 0 spiro atoms. The summed E-state index contributed by atoms with van der Waals surface area (Å²) >= 11 is 1.65. The van der Waals surface area contributed by atoms with Crippen LogP contribution in [0.4, 0.5) is 11.6 Å². The number of fused-ring (bicyclic) bond motifs is 1. The van der Waals surface area contributed by atoms with E-state index in [0.29, 0.717) is 6.54 Å². The van der Waals surface area contributed by atoms with Gasteiger partial charge in [-0.25, -0.2) is 15.0 Å². The monoisotopic (exact) mass is 403 g/mol. The largest absolute Gasteiger partial charge is 0.378 e. The van der Waals surface area contributed by atoms with Crippen LogP contribution in [0.15, 0.2) is 60.4 Å². The third kappa shape index (κ3) is 3.79. The molecule has 1 aliphatic heterocycles. The highest BCUT2D eigenvalue weighted by Crippen LogP contribution is 2.36. The van der Waals surface area contributed by atoms with Gasteiger partial charge in [-0.1, -0.05) is 30.3 Å². The van der Waals surface area contributed by atoms with Crippen LogP contribution in [0.5, 0.6) is 0 Å². The van der Waals surface area contributed by atoms with Crippen molar-refractivity contribution in [3.05, 3.63) is 65.9 Å². The normalized spacial score (nSPS) is 14.3. The maximum atomic E-state index is 5.44. The van der Waals surface area contributed by atoms with E-state index in [-0.39, 0.29) is 0 Å². The Bertz CT molecular complexity index is 1110. The Morgan fingerprint density at radius 1 is 1.03 bits per heavy atom. The number of ether oxygens (including phenoxy) is 1. The number of nitrogens with one attached hydrogen (secondary N) is 1. The molecule has 146 valence electrons. The summed E-state index contributed by atoms with van der Waals surface area (Å²) in [4.78, 5) is 16.8. The first-order valence-corrected chi connectivity index (χ1v) is 10.6. The van der Waals surface area contributed by atoms with Crippen molar-refractivity contribution in [1.82, 2.24) is 15.0 Å². The molecule has 5 rings (SSSR count). The van der Waals surface area contributed by atoms with E-state index in [0.717, 1.165) is 53.7 Å². The molecule has 7 heteroatoms. The molecule has 0 atom stereocenters. The minimum absolute atomic E-state index is 0.677. The van der Waals surface area contributed by atoms with Gasteiger partial charge in [-0.3, -0.25) is 0 Å². The standard InChI is InChI=1S/C22H21N5OS/c1-2-4-17(5-3-1)18-14-29-22-20(18)21(25-15-26-22)24-13-16-6-7-23-19(12-16)27-8-10-28-11-9-27/h1-7,12,14-15H,8-11,13H2,(H,24,25,26). The number of rotatable bonds is 5. The second kappa shape index (κ2) is 8.14. The molecule has 1 aliphatic rings. The predicted octanol–water partition coefficient (Wildman–Crippen LogP) is 4.20. The quantitative estimate of drug-likeness (QED) is 0.539. The third-order valence-electron chi connectivity index (χ3n) is 5.06. The number of anilines is 2. The highest BCUT2D eigenvalue weighted by Gasteiger charge is 2.14. The summed E-state index contributed by atoms with van der Waals surface area (Å²) < 4.78 is 5.44. The van der Waals surface area contributed by atoms with Gasteiger partial charge in [0, 0.05) is 36.8 Å². The molecular weight excluding hydrogens is 382 g/mol. The predicted molar refractivity (Wildman–Crippen MR) is 117 cm³/mol. The molecule has 0 aliphatic carbocycles. The van der Waals surface area contributed by atoms with E-state index in [2.05, 4.69) is 60.9 Å². The smallest absolute Gasteiger partial charge is 0.139 e. The number of hydrogen-bond acceptors (Lipinski definition) is 7. The lowest BCUT2D eigenvalue weighted by Gasteiger charge is -2.28. The number of benzene rings is 1. The Morgan fingerprint density at radius 3 is 2.76 bits per heavy atom. The summed E-state index contributed by atoms with van der Waals surface area (Å²) in [5.41, 5.74) is 3.51. The Labute approximate surface area is 173 Å². The van der Waals surface area contributed by atoms with E-state index in [4.69, 9.17) is 4.74 Å². The first kappa shape index (κ1) is 18.0. The van der Waals surface area contributed by atoms with Crippen LogP contribution in [0.1, 0.15) is 5.56 Å². The van der Waals surface area contributed by atoms with Crippen molar-refractivity contribution >= 4 is 33.2 Å². The maximum absolute atomic E-state index is 5.44. The summed E-state index contributed by atoms with van der Waals surface area (Å²) in [6, 6.07) is 14.6. The molecule has 0 radical (unpaired) electrons. The molecule has 4 heterocycles. The SMILES string of the molecule is c1ccc(-c2csc3ncnc(NCc4ccnc(N5CCOCC5)c4)c23)cc1. The molecule has 29 heavy (non-hydrogen) atoms. The number of aromatic nitrogens is 3. The molecule has 1 fully saturated rings.